The molecule has 1 spiro atoms. The van der Waals surface area contributed by atoms with Crippen LogP contribution in [0.4, 0.5) is 0 Å². The minimum absolute atomic E-state index is 0.382. The SMILES string of the molecule is CC1(C2CC2)CN(CC2CCOC2)C2(CCCC2)CN1. The van der Waals surface area contributed by atoms with E-state index in [0.717, 1.165) is 25.0 Å². The number of hydrogen-bond acceptors (Lipinski definition) is 3. The van der Waals surface area contributed by atoms with Crippen molar-refractivity contribution in [1.82, 2.24) is 10.2 Å². The summed E-state index contributed by atoms with van der Waals surface area (Å²) in [6, 6.07) is 0. The van der Waals surface area contributed by atoms with Crippen LogP contribution in [0.2, 0.25) is 0 Å². The molecule has 0 amide bonds. The van der Waals surface area contributed by atoms with Crippen LogP contribution in [0.5, 0.6) is 0 Å². The van der Waals surface area contributed by atoms with Crippen molar-refractivity contribution in [2.75, 3.05) is 32.8 Å². The second-order valence-corrected chi connectivity index (χ2v) is 8.09. The molecule has 2 heterocycles. The number of piperazine rings is 1. The quantitative estimate of drug-likeness (QED) is 0.858. The lowest BCUT2D eigenvalue weighted by atomic mass is 9.83. The van der Waals surface area contributed by atoms with Crippen LogP contribution in [-0.4, -0.2) is 48.8 Å². The third-order valence-corrected chi connectivity index (χ3v) is 6.53. The molecule has 0 aromatic carbocycles. The molecule has 0 radical (unpaired) electrons. The van der Waals surface area contributed by atoms with Gasteiger partial charge < -0.3 is 10.1 Å². The van der Waals surface area contributed by atoms with Gasteiger partial charge in [-0.15, -0.1) is 0 Å². The molecular weight excluding hydrogens is 248 g/mol. The van der Waals surface area contributed by atoms with Gasteiger partial charge in [0.1, 0.15) is 0 Å². The van der Waals surface area contributed by atoms with Crippen LogP contribution in [0.1, 0.15) is 51.9 Å². The minimum Gasteiger partial charge on any atom is -0.381 e. The monoisotopic (exact) mass is 278 g/mol. The number of nitrogens with one attached hydrogen (secondary N) is 1. The van der Waals surface area contributed by atoms with E-state index < -0.39 is 0 Å². The lowest BCUT2D eigenvalue weighted by Gasteiger charge is -2.53. The highest BCUT2D eigenvalue weighted by Crippen LogP contribution is 2.46. The molecule has 2 saturated heterocycles. The van der Waals surface area contributed by atoms with Crippen molar-refractivity contribution in [2.45, 2.75) is 62.9 Å². The molecule has 1 N–H and O–H groups in total. The fourth-order valence-electron chi connectivity index (χ4n) is 4.92. The molecule has 0 aromatic heterocycles. The molecule has 3 nitrogen and oxygen atoms in total. The molecule has 3 heteroatoms. The van der Waals surface area contributed by atoms with Gasteiger partial charge in [-0.1, -0.05) is 12.8 Å². The summed E-state index contributed by atoms with van der Waals surface area (Å²) in [5.41, 5.74) is 0.865. The summed E-state index contributed by atoms with van der Waals surface area (Å²) in [6.07, 6.45) is 9.84. The standard InChI is InChI=1S/C17H30N2O/c1-16(15-4-5-15)13-19(10-14-6-9-20-11-14)17(12-18-16)7-2-3-8-17/h14-15,18H,2-13H2,1H3. The first kappa shape index (κ1) is 13.5. The van der Waals surface area contributed by atoms with Gasteiger partial charge in [0.25, 0.3) is 0 Å². The van der Waals surface area contributed by atoms with Crippen molar-refractivity contribution < 1.29 is 4.74 Å². The molecule has 4 aliphatic rings. The van der Waals surface area contributed by atoms with Crippen molar-refractivity contribution >= 4 is 0 Å². The topological polar surface area (TPSA) is 24.5 Å². The molecule has 114 valence electrons. The predicted molar refractivity (Wildman–Crippen MR) is 80.8 cm³/mol. The predicted octanol–water partition coefficient (Wildman–Crippen LogP) is 2.41. The lowest BCUT2D eigenvalue weighted by Crippen LogP contribution is -2.69. The van der Waals surface area contributed by atoms with Gasteiger partial charge in [-0.2, -0.15) is 0 Å². The van der Waals surface area contributed by atoms with Crippen molar-refractivity contribution in [2.24, 2.45) is 11.8 Å². The fraction of sp³-hybridized carbons (Fsp3) is 1.00. The zero-order valence-electron chi connectivity index (χ0n) is 13.0. The van der Waals surface area contributed by atoms with Gasteiger partial charge in [0.15, 0.2) is 0 Å². The Hall–Kier alpha value is -0.120. The fourth-order valence-corrected chi connectivity index (χ4v) is 4.92. The summed E-state index contributed by atoms with van der Waals surface area (Å²) >= 11 is 0. The molecule has 2 aliphatic carbocycles. The Labute approximate surface area is 123 Å². The second-order valence-electron chi connectivity index (χ2n) is 8.09. The maximum Gasteiger partial charge on any atom is 0.0507 e. The first-order chi connectivity index (χ1) is 9.70. The summed E-state index contributed by atoms with van der Waals surface area (Å²) in [5.74, 6) is 1.72. The van der Waals surface area contributed by atoms with E-state index in [1.54, 1.807) is 0 Å². The summed E-state index contributed by atoms with van der Waals surface area (Å²) in [5, 5.41) is 3.97. The van der Waals surface area contributed by atoms with Crippen molar-refractivity contribution in [1.29, 1.82) is 0 Å². The molecule has 2 aliphatic heterocycles. The van der Waals surface area contributed by atoms with Crippen molar-refractivity contribution in [3.05, 3.63) is 0 Å². The Morgan fingerprint density at radius 2 is 2.00 bits per heavy atom. The zero-order valence-corrected chi connectivity index (χ0v) is 13.0. The number of nitrogens with zero attached hydrogens (tertiary/aromatic N) is 1. The minimum atomic E-state index is 0.382. The Balaban J connectivity index is 1.51. The van der Waals surface area contributed by atoms with E-state index in [-0.39, 0.29) is 0 Å². The lowest BCUT2D eigenvalue weighted by molar-refractivity contribution is -0.00594. The Kier molecular flexibility index (Phi) is 3.36. The van der Waals surface area contributed by atoms with Gasteiger partial charge in [-0.05, 0) is 50.9 Å². The Bertz CT molecular complexity index is 356. The van der Waals surface area contributed by atoms with E-state index in [1.807, 2.05) is 0 Å². The van der Waals surface area contributed by atoms with Gasteiger partial charge in [0.05, 0.1) is 6.61 Å². The first-order valence-corrected chi connectivity index (χ1v) is 8.78. The average molecular weight is 278 g/mol. The van der Waals surface area contributed by atoms with Crippen LogP contribution in [0.25, 0.3) is 0 Å². The second kappa shape index (κ2) is 4.96. The number of ether oxygens (including phenoxy) is 1. The highest BCUT2D eigenvalue weighted by molar-refractivity contribution is 5.10. The highest BCUT2D eigenvalue weighted by Gasteiger charge is 2.52. The molecule has 4 fully saturated rings. The smallest absolute Gasteiger partial charge is 0.0507 e. The summed E-state index contributed by atoms with van der Waals surface area (Å²) in [6.45, 7) is 8.25. The van der Waals surface area contributed by atoms with Crippen LogP contribution in [0.3, 0.4) is 0 Å². The Morgan fingerprint density at radius 3 is 2.65 bits per heavy atom. The molecule has 0 aromatic rings. The van der Waals surface area contributed by atoms with E-state index >= 15 is 0 Å². The average Bonchev–Trinajstić information content (AvgIpc) is 2.99. The molecule has 0 bridgehead atoms. The third-order valence-electron chi connectivity index (χ3n) is 6.53. The maximum atomic E-state index is 5.62. The van der Waals surface area contributed by atoms with E-state index in [9.17, 15) is 0 Å². The van der Waals surface area contributed by atoms with Crippen LogP contribution in [0, 0.1) is 11.8 Å². The van der Waals surface area contributed by atoms with E-state index in [4.69, 9.17) is 4.74 Å². The van der Waals surface area contributed by atoms with Gasteiger partial charge in [-0.25, -0.2) is 0 Å². The highest BCUT2D eigenvalue weighted by atomic mass is 16.5. The number of rotatable bonds is 3. The zero-order chi connectivity index (χ0) is 13.6. The van der Waals surface area contributed by atoms with Crippen LogP contribution in [-0.2, 0) is 4.74 Å². The normalized spacial score (nSPS) is 41.5. The van der Waals surface area contributed by atoms with Crippen molar-refractivity contribution in [3.8, 4) is 0 Å². The van der Waals surface area contributed by atoms with E-state index in [1.165, 1.54) is 64.6 Å². The van der Waals surface area contributed by atoms with E-state index in [2.05, 4.69) is 17.1 Å². The number of hydrogen-bond donors (Lipinski definition) is 1. The summed E-state index contributed by atoms with van der Waals surface area (Å²) < 4.78 is 5.62. The molecule has 4 rings (SSSR count). The van der Waals surface area contributed by atoms with E-state index in [0.29, 0.717) is 11.1 Å². The van der Waals surface area contributed by atoms with Crippen LogP contribution >= 0.6 is 0 Å². The Morgan fingerprint density at radius 1 is 1.20 bits per heavy atom. The molecule has 20 heavy (non-hydrogen) atoms. The molecule has 2 atom stereocenters. The van der Waals surface area contributed by atoms with Crippen molar-refractivity contribution in [3.63, 3.8) is 0 Å². The van der Waals surface area contributed by atoms with Crippen LogP contribution < -0.4 is 5.32 Å². The third kappa shape index (κ3) is 2.32. The molecule has 2 unspecified atom stereocenters. The molecular formula is C17H30N2O. The van der Waals surface area contributed by atoms with Crippen LogP contribution in [0.15, 0.2) is 0 Å². The summed E-state index contributed by atoms with van der Waals surface area (Å²) in [4.78, 5) is 2.90. The maximum absolute atomic E-state index is 5.62. The largest absolute Gasteiger partial charge is 0.381 e. The van der Waals surface area contributed by atoms with Gasteiger partial charge in [0, 0.05) is 37.3 Å². The molecule has 2 saturated carbocycles. The van der Waals surface area contributed by atoms with Gasteiger partial charge in [-0.3, -0.25) is 4.90 Å². The first-order valence-electron chi connectivity index (χ1n) is 8.78. The van der Waals surface area contributed by atoms with Gasteiger partial charge in [0.2, 0.25) is 0 Å². The van der Waals surface area contributed by atoms with Gasteiger partial charge >= 0.3 is 0 Å². The summed E-state index contributed by atoms with van der Waals surface area (Å²) in [7, 11) is 0.